The highest BCUT2D eigenvalue weighted by Gasteiger charge is 2.75. The quantitative estimate of drug-likeness (QED) is 0.152. The molecular formula is C39H39F3N2O7. The van der Waals surface area contributed by atoms with Crippen molar-refractivity contribution >= 4 is 23.9 Å². The highest BCUT2D eigenvalue weighted by molar-refractivity contribution is 5.92. The third-order valence-corrected chi connectivity index (χ3v) is 11.0. The van der Waals surface area contributed by atoms with Crippen molar-refractivity contribution in [2.75, 3.05) is 20.1 Å². The highest BCUT2D eigenvalue weighted by atomic mass is 19.4. The molecule has 4 aliphatic rings. The molecule has 9 nitrogen and oxygen atoms in total. The average Bonchev–Trinajstić information content (AvgIpc) is 3.42. The van der Waals surface area contributed by atoms with Gasteiger partial charge in [-0.05, 0) is 79.6 Å². The Bertz CT molecular complexity index is 1880. The molecular weight excluding hydrogens is 665 g/mol. The molecule has 0 unspecified atom stereocenters. The summed E-state index contributed by atoms with van der Waals surface area (Å²) in [6, 6.07) is 18.7. The van der Waals surface area contributed by atoms with Gasteiger partial charge >= 0.3 is 18.3 Å². The summed E-state index contributed by atoms with van der Waals surface area (Å²) < 4.78 is 61.5. The number of benzene rings is 3. The second kappa shape index (κ2) is 13.0. The number of likely N-dealkylation sites (tertiary alicyclic amines) is 1. The maximum atomic E-state index is 13.8. The monoisotopic (exact) mass is 704 g/mol. The molecule has 7 rings (SSSR count). The van der Waals surface area contributed by atoms with Crippen molar-refractivity contribution in [1.82, 2.24) is 9.80 Å². The molecule has 0 N–H and O–H groups in total. The van der Waals surface area contributed by atoms with Crippen LogP contribution in [0, 0.1) is 0 Å². The Morgan fingerprint density at radius 2 is 1.80 bits per heavy atom. The van der Waals surface area contributed by atoms with Crippen LogP contribution in [0.2, 0.25) is 0 Å². The first-order valence-electron chi connectivity index (χ1n) is 17.1. The predicted octanol–water partition coefficient (Wildman–Crippen LogP) is 6.02. The zero-order valence-corrected chi connectivity index (χ0v) is 28.6. The lowest BCUT2D eigenvalue weighted by atomic mass is 9.48. The summed E-state index contributed by atoms with van der Waals surface area (Å²) in [6.45, 7) is 4.20. The maximum Gasteiger partial charge on any atom is 0.573 e. The molecule has 2 heterocycles. The van der Waals surface area contributed by atoms with Crippen molar-refractivity contribution in [3.05, 3.63) is 95.1 Å². The van der Waals surface area contributed by atoms with Gasteiger partial charge in [-0.15, -0.1) is 13.2 Å². The molecule has 0 aromatic heterocycles. The van der Waals surface area contributed by atoms with Crippen molar-refractivity contribution < 1.29 is 46.5 Å². The number of hydrogen-bond acceptors (Lipinski definition) is 8. The summed E-state index contributed by atoms with van der Waals surface area (Å²) in [6.07, 6.45) is 0.147. The molecule has 3 aromatic rings. The summed E-state index contributed by atoms with van der Waals surface area (Å²) in [7, 11) is 1.67. The van der Waals surface area contributed by atoms with Crippen LogP contribution >= 0.6 is 0 Å². The zero-order chi connectivity index (χ0) is 36.1. The smallest absolute Gasteiger partial charge is 0.483 e. The van der Waals surface area contributed by atoms with Crippen LogP contribution in [0.15, 0.2) is 72.8 Å². The molecule has 3 aromatic carbocycles. The van der Waals surface area contributed by atoms with E-state index in [1.807, 2.05) is 24.3 Å². The highest BCUT2D eigenvalue weighted by Crippen LogP contribution is 2.67. The number of halogens is 3. The molecule has 2 fully saturated rings. The maximum absolute atomic E-state index is 13.8. The van der Waals surface area contributed by atoms with Crippen LogP contribution in [-0.2, 0) is 37.4 Å². The lowest BCUT2D eigenvalue weighted by molar-refractivity contribution is -0.274. The van der Waals surface area contributed by atoms with E-state index < -0.39 is 47.2 Å². The lowest BCUT2D eigenvalue weighted by Gasteiger charge is -2.65. The third-order valence-electron chi connectivity index (χ3n) is 11.0. The average molecular weight is 705 g/mol. The van der Waals surface area contributed by atoms with E-state index in [-0.39, 0.29) is 17.7 Å². The third kappa shape index (κ3) is 6.13. The summed E-state index contributed by atoms with van der Waals surface area (Å²) in [5, 5.41) is 0. The topological polar surface area (TPSA) is 94.6 Å². The largest absolute Gasteiger partial charge is 0.573 e. The first kappa shape index (κ1) is 34.6. The number of amides is 1. The van der Waals surface area contributed by atoms with Gasteiger partial charge in [0, 0.05) is 39.1 Å². The van der Waals surface area contributed by atoms with Crippen LogP contribution in [-0.4, -0.2) is 77.9 Å². The van der Waals surface area contributed by atoms with E-state index in [0.717, 1.165) is 24.1 Å². The molecule has 1 saturated heterocycles. The van der Waals surface area contributed by atoms with Gasteiger partial charge in [-0.25, -0.2) is 0 Å². The zero-order valence-electron chi connectivity index (χ0n) is 28.6. The van der Waals surface area contributed by atoms with Crippen molar-refractivity contribution in [3.8, 4) is 17.2 Å². The van der Waals surface area contributed by atoms with Crippen LogP contribution in [0.5, 0.6) is 17.2 Å². The van der Waals surface area contributed by atoms with Gasteiger partial charge < -0.3 is 23.8 Å². The number of ether oxygens (including phenoxy) is 4. The Labute approximate surface area is 293 Å². The second-order valence-electron chi connectivity index (χ2n) is 13.8. The fraction of sp³-hybridized carbons (Fsp3) is 0.410. The van der Waals surface area contributed by atoms with Gasteiger partial charge in [-0.1, -0.05) is 48.5 Å². The summed E-state index contributed by atoms with van der Waals surface area (Å²) >= 11 is 0. The number of nitrogens with zero attached hydrogens (tertiary/aromatic N) is 2. The van der Waals surface area contributed by atoms with Crippen molar-refractivity contribution in [3.63, 3.8) is 0 Å². The lowest BCUT2D eigenvalue weighted by Crippen LogP contribution is -2.79. The SMILES string of the molecule is CC(=O)Oc1ccc2c3c1O[C@H]1[C@@H](N(C)C(=O)C=Cc4cccc(OC(F)(F)F)c4)CC[C@@]4(OC(C)=O)[C@@H](C2)N(CCc2ccccc2)CC[C@]314. The van der Waals surface area contributed by atoms with Crippen LogP contribution in [0.4, 0.5) is 13.2 Å². The van der Waals surface area contributed by atoms with Gasteiger partial charge in [0.2, 0.25) is 5.91 Å². The number of piperidine rings is 1. The minimum absolute atomic E-state index is 0.170. The number of alkyl halides is 3. The van der Waals surface area contributed by atoms with Crippen molar-refractivity contribution in [1.29, 1.82) is 0 Å². The van der Waals surface area contributed by atoms with Crippen LogP contribution in [0.25, 0.3) is 6.08 Å². The molecule has 1 amide bonds. The van der Waals surface area contributed by atoms with Gasteiger partial charge in [0.1, 0.15) is 17.5 Å². The number of carbonyl (C=O) groups is 3. The van der Waals surface area contributed by atoms with Gasteiger partial charge in [0.25, 0.3) is 0 Å². The van der Waals surface area contributed by atoms with Gasteiger partial charge in [0.15, 0.2) is 11.5 Å². The van der Waals surface area contributed by atoms with Gasteiger partial charge in [-0.2, -0.15) is 0 Å². The molecule has 5 atom stereocenters. The van der Waals surface area contributed by atoms with Gasteiger partial charge in [-0.3, -0.25) is 19.3 Å². The van der Waals surface area contributed by atoms with Crippen LogP contribution < -0.4 is 14.2 Å². The van der Waals surface area contributed by atoms with E-state index in [9.17, 15) is 27.6 Å². The first-order chi connectivity index (χ1) is 24.3. The minimum atomic E-state index is -4.84. The molecule has 2 bridgehead atoms. The molecule has 2 aliphatic carbocycles. The second-order valence-corrected chi connectivity index (χ2v) is 13.8. The molecule has 1 spiro atoms. The summed E-state index contributed by atoms with van der Waals surface area (Å²) in [4.78, 5) is 43.1. The molecule has 12 heteroatoms. The van der Waals surface area contributed by atoms with Gasteiger partial charge in [0.05, 0.1) is 17.5 Å². The van der Waals surface area contributed by atoms with Crippen molar-refractivity contribution in [2.24, 2.45) is 0 Å². The number of carbonyl (C=O) groups excluding carboxylic acids is 3. The Kier molecular flexibility index (Phi) is 8.85. The van der Waals surface area contributed by atoms with E-state index >= 15 is 0 Å². The van der Waals surface area contributed by atoms with Crippen LogP contribution in [0.3, 0.4) is 0 Å². The van der Waals surface area contributed by atoms with E-state index in [0.29, 0.717) is 43.5 Å². The molecule has 1 saturated carbocycles. The predicted molar refractivity (Wildman–Crippen MR) is 180 cm³/mol. The van der Waals surface area contributed by atoms with E-state index in [1.54, 1.807) is 24.1 Å². The van der Waals surface area contributed by atoms with E-state index in [2.05, 4.69) is 21.8 Å². The number of hydrogen-bond donors (Lipinski definition) is 0. The number of likely N-dealkylation sites (N-methyl/N-ethyl adjacent to an activating group) is 1. The molecule has 2 aliphatic heterocycles. The van der Waals surface area contributed by atoms with E-state index in [1.165, 1.54) is 49.8 Å². The first-order valence-corrected chi connectivity index (χ1v) is 17.1. The Morgan fingerprint density at radius 1 is 1.02 bits per heavy atom. The molecule has 0 radical (unpaired) electrons. The molecule has 51 heavy (non-hydrogen) atoms. The number of rotatable bonds is 9. The Balaban J connectivity index is 1.25. The fourth-order valence-corrected chi connectivity index (χ4v) is 9.11. The summed E-state index contributed by atoms with van der Waals surface area (Å²) in [5.74, 6) is -0.969. The normalized spacial score (nSPS) is 26.2. The standard InChI is InChI=1S/C39H39F3N2O7/c1-24(45)48-31-14-13-28-23-32-38(50-25(2)46)18-16-30(43(3)33(47)15-12-27-10-7-11-29(22-27)51-39(40,41)42)36-37(38,34(28)35(31)49-36)19-21-44(32)20-17-26-8-5-4-6-9-26/h4-15,22,30,32,36H,16-21,23H2,1-3H3/t30-,32+,36-,37-,38+/m0/s1. The summed E-state index contributed by atoms with van der Waals surface area (Å²) in [5.41, 5.74) is 1.62. The molecule has 268 valence electrons. The fourth-order valence-electron chi connectivity index (χ4n) is 9.11. The Morgan fingerprint density at radius 3 is 2.53 bits per heavy atom. The van der Waals surface area contributed by atoms with E-state index in [4.69, 9.17) is 14.2 Å². The van der Waals surface area contributed by atoms with Crippen molar-refractivity contribution in [2.45, 2.75) is 81.5 Å². The Hall–Kier alpha value is -4.84. The van der Waals surface area contributed by atoms with Crippen LogP contribution in [0.1, 0.15) is 55.4 Å². The number of esters is 2. The minimum Gasteiger partial charge on any atom is -0.483 e.